The molecular formula is C16H17ClF3N3O3S. The number of alkyl halides is 3. The van der Waals surface area contributed by atoms with Crippen molar-refractivity contribution in [2.75, 3.05) is 6.54 Å². The summed E-state index contributed by atoms with van der Waals surface area (Å²) in [6.45, 7) is -0.255. The number of nitrogens with zero attached hydrogens (tertiary/aromatic N) is 2. The van der Waals surface area contributed by atoms with E-state index in [4.69, 9.17) is 22.6 Å². The van der Waals surface area contributed by atoms with Crippen LogP contribution in [0.3, 0.4) is 0 Å². The molecule has 0 bridgehead atoms. The van der Waals surface area contributed by atoms with Crippen LogP contribution in [0.1, 0.15) is 19.3 Å². The summed E-state index contributed by atoms with van der Waals surface area (Å²) in [7, 11) is -4.32. The van der Waals surface area contributed by atoms with Crippen LogP contribution in [-0.4, -0.2) is 37.4 Å². The molecule has 1 aliphatic carbocycles. The molecule has 0 heterocycles. The first-order chi connectivity index (χ1) is 12.5. The lowest BCUT2D eigenvalue weighted by atomic mass is 10.1. The van der Waals surface area contributed by atoms with Crippen molar-refractivity contribution in [1.82, 2.24) is 4.31 Å². The van der Waals surface area contributed by atoms with E-state index in [-0.39, 0.29) is 22.4 Å². The van der Waals surface area contributed by atoms with Gasteiger partial charge in [-0.2, -0.15) is 22.7 Å². The molecular weight excluding hydrogens is 407 g/mol. The summed E-state index contributed by atoms with van der Waals surface area (Å²) >= 11 is 5.74. The van der Waals surface area contributed by atoms with Crippen molar-refractivity contribution in [1.29, 1.82) is 5.26 Å². The predicted molar refractivity (Wildman–Crippen MR) is 90.8 cm³/mol. The molecule has 0 saturated heterocycles. The second kappa shape index (κ2) is 8.04. The van der Waals surface area contributed by atoms with Crippen molar-refractivity contribution < 1.29 is 26.4 Å². The Morgan fingerprint density at radius 3 is 2.41 bits per heavy atom. The maximum Gasteiger partial charge on any atom is 0.389 e. The van der Waals surface area contributed by atoms with Crippen LogP contribution in [-0.2, 0) is 14.8 Å². The topological polar surface area (TPSA) is 104 Å². The van der Waals surface area contributed by atoms with E-state index in [1.807, 2.05) is 6.07 Å². The molecule has 0 aromatic heterocycles. The Bertz CT molecular complexity index is 837. The van der Waals surface area contributed by atoms with Crippen molar-refractivity contribution in [3.8, 4) is 6.07 Å². The fourth-order valence-corrected chi connectivity index (χ4v) is 4.51. The summed E-state index contributed by atoms with van der Waals surface area (Å²) in [5.74, 6) is -1.93. The van der Waals surface area contributed by atoms with E-state index in [0.717, 1.165) is 0 Å². The Morgan fingerprint density at radius 1 is 1.37 bits per heavy atom. The zero-order valence-corrected chi connectivity index (χ0v) is 15.6. The molecule has 148 valence electrons. The SMILES string of the molecule is N#C[C@@H]1C[C@H]1CN([C@H](CCC(F)(F)F)C(N)=O)S(=O)(=O)c1ccc(Cl)cc1. The monoisotopic (exact) mass is 423 g/mol. The van der Waals surface area contributed by atoms with Gasteiger partial charge in [-0.15, -0.1) is 0 Å². The zero-order chi connectivity index (χ0) is 20.4. The molecule has 1 aromatic rings. The van der Waals surface area contributed by atoms with Crippen molar-refractivity contribution >= 4 is 27.5 Å². The molecule has 2 rings (SSSR count). The van der Waals surface area contributed by atoms with Gasteiger partial charge < -0.3 is 5.73 Å². The van der Waals surface area contributed by atoms with Crippen LogP contribution in [0.25, 0.3) is 0 Å². The van der Waals surface area contributed by atoms with Gasteiger partial charge in [-0.25, -0.2) is 8.42 Å². The van der Waals surface area contributed by atoms with Gasteiger partial charge in [-0.05, 0) is 43.0 Å². The van der Waals surface area contributed by atoms with Crippen LogP contribution >= 0.6 is 11.6 Å². The third kappa shape index (κ3) is 5.57. The van der Waals surface area contributed by atoms with Crippen LogP contribution in [0.4, 0.5) is 13.2 Å². The van der Waals surface area contributed by atoms with Crippen LogP contribution in [0.2, 0.25) is 5.02 Å². The fraction of sp³-hybridized carbons (Fsp3) is 0.500. The normalized spacial score (nSPS) is 20.9. The summed E-state index contributed by atoms with van der Waals surface area (Å²) in [6, 6.07) is 5.33. The van der Waals surface area contributed by atoms with Gasteiger partial charge in [0.05, 0.1) is 16.9 Å². The maximum atomic E-state index is 13.0. The Balaban J connectivity index is 2.37. The molecule has 0 unspecified atom stereocenters. The lowest BCUT2D eigenvalue weighted by molar-refractivity contribution is -0.140. The lowest BCUT2D eigenvalue weighted by Crippen LogP contribution is -2.49. The van der Waals surface area contributed by atoms with Crippen molar-refractivity contribution in [3.63, 3.8) is 0 Å². The highest BCUT2D eigenvalue weighted by atomic mass is 35.5. The van der Waals surface area contributed by atoms with Gasteiger partial charge in [0.2, 0.25) is 15.9 Å². The highest BCUT2D eigenvalue weighted by Gasteiger charge is 2.45. The molecule has 1 aromatic carbocycles. The standard InChI is InChI=1S/C16H17ClF3N3O3S/c17-12-1-3-13(4-2-12)27(25,26)23(9-11-7-10(11)8-21)14(15(22)24)5-6-16(18,19)20/h1-4,10-11,14H,5-7,9H2,(H2,22,24)/t10-,11-,14+/m0/s1. The van der Waals surface area contributed by atoms with Crippen LogP contribution in [0.15, 0.2) is 29.2 Å². The van der Waals surface area contributed by atoms with Crippen molar-refractivity contribution in [3.05, 3.63) is 29.3 Å². The molecule has 27 heavy (non-hydrogen) atoms. The number of rotatable bonds is 8. The molecule has 0 spiro atoms. The van der Waals surface area contributed by atoms with Gasteiger partial charge in [0, 0.05) is 18.0 Å². The molecule has 1 aliphatic rings. The van der Waals surface area contributed by atoms with E-state index in [2.05, 4.69) is 0 Å². The summed E-state index contributed by atoms with van der Waals surface area (Å²) in [5.41, 5.74) is 5.23. The molecule has 11 heteroatoms. The van der Waals surface area contributed by atoms with E-state index < -0.39 is 46.9 Å². The first-order valence-corrected chi connectivity index (χ1v) is 9.80. The number of carbonyl (C=O) groups is 1. The number of sulfonamides is 1. The number of carbonyl (C=O) groups excluding carboxylic acids is 1. The van der Waals surface area contributed by atoms with Crippen molar-refractivity contribution in [2.45, 2.75) is 36.4 Å². The van der Waals surface area contributed by atoms with Crippen molar-refractivity contribution in [2.24, 2.45) is 17.6 Å². The molecule has 2 N–H and O–H groups in total. The Morgan fingerprint density at radius 2 is 1.96 bits per heavy atom. The molecule has 1 amide bonds. The number of amides is 1. The third-order valence-corrected chi connectivity index (χ3v) is 6.44. The lowest BCUT2D eigenvalue weighted by Gasteiger charge is -2.29. The molecule has 0 aliphatic heterocycles. The van der Waals surface area contributed by atoms with Gasteiger partial charge in [0.15, 0.2) is 0 Å². The minimum atomic E-state index is -4.57. The molecule has 6 nitrogen and oxygen atoms in total. The van der Waals surface area contributed by atoms with Gasteiger partial charge in [0.25, 0.3) is 0 Å². The first kappa shape index (κ1) is 21.5. The second-order valence-corrected chi connectivity index (χ2v) is 8.66. The highest BCUT2D eigenvalue weighted by Crippen LogP contribution is 2.40. The average Bonchev–Trinajstić information content (AvgIpc) is 3.31. The van der Waals surface area contributed by atoms with Crippen LogP contribution in [0, 0.1) is 23.2 Å². The number of hydrogen-bond donors (Lipinski definition) is 1. The number of nitriles is 1. The molecule has 0 radical (unpaired) electrons. The first-order valence-electron chi connectivity index (χ1n) is 7.99. The summed E-state index contributed by atoms with van der Waals surface area (Å²) in [5, 5.41) is 9.20. The Kier molecular flexibility index (Phi) is 6.39. The maximum absolute atomic E-state index is 13.0. The minimum absolute atomic E-state index is 0.223. The number of halogens is 4. The predicted octanol–water partition coefficient (Wildman–Crippen LogP) is 2.69. The Labute approximate surface area is 159 Å². The van der Waals surface area contributed by atoms with E-state index in [1.165, 1.54) is 24.3 Å². The van der Waals surface area contributed by atoms with Gasteiger partial charge >= 0.3 is 6.18 Å². The average molecular weight is 424 g/mol. The van der Waals surface area contributed by atoms with E-state index in [1.54, 1.807) is 0 Å². The van der Waals surface area contributed by atoms with Crippen LogP contribution < -0.4 is 5.73 Å². The number of benzene rings is 1. The fourth-order valence-electron chi connectivity index (χ4n) is 2.70. The van der Waals surface area contributed by atoms with Gasteiger partial charge in [-0.1, -0.05) is 11.6 Å². The van der Waals surface area contributed by atoms with Gasteiger partial charge in [0.1, 0.15) is 6.04 Å². The van der Waals surface area contributed by atoms with Crippen LogP contribution in [0.5, 0.6) is 0 Å². The number of hydrogen-bond acceptors (Lipinski definition) is 4. The number of primary amides is 1. The smallest absolute Gasteiger partial charge is 0.368 e. The third-order valence-electron chi connectivity index (χ3n) is 4.30. The number of nitrogens with two attached hydrogens (primary N) is 1. The summed E-state index contributed by atoms with van der Waals surface area (Å²) < 4.78 is 64.5. The molecule has 1 fully saturated rings. The second-order valence-electron chi connectivity index (χ2n) is 6.33. The minimum Gasteiger partial charge on any atom is -0.368 e. The van der Waals surface area contributed by atoms with Gasteiger partial charge in [-0.3, -0.25) is 4.79 Å². The molecule has 3 atom stereocenters. The Hall–Kier alpha value is -1.83. The van der Waals surface area contributed by atoms with E-state index >= 15 is 0 Å². The van der Waals surface area contributed by atoms with E-state index in [9.17, 15) is 26.4 Å². The molecule has 1 saturated carbocycles. The van der Waals surface area contributed by atoms with E-state index in [0.29, 0.717) is 10.7 Å². The zero-order valence-electron chi connectivity index (χ0n) is 14.0. The highest BCUT2D eigenvalue weighted by molar-refractivity contribution is 7.89. The summed E-state index contributed by atoms with van der Waals surface area (Å²) in [6.07, 6.45) is -6.32. The quantitative estimate of drug-likeness (QED) is 0.694. The largest absolute Gasteiger partial charge is 0.389 e. The summed E-state index contributed by atoms with van der Waals surface area (Å²) in [4.78, 5) is 11.6.